The van der Waals surface area contributed by atoms with Crippen molar-refractivity contribution in [2.45, 2.75) is 77.2 Å². The number of rotatable bonds is 10. The number of benzene rings is 2. The first-order chi connectivity index (χ1) is 16.1. The lowest BCUT2D eigenvalue weighted by molar-refractivity contribution is -0.198. The van der Waals surface area contributed by atoms with Gasteiger partial charge in [0.25, 0.3) is 0 Å². The lowest BCUT2D eigenvalue weighted by Gasteiger charge is -2.29. The smallest absolute Gasteiger partial charge is 0.433 e. The summed E-state index contributed by atoms with van der Waals surface area (Å²) in [6.07, 6.45) is 4.12. The number of unbranched alkanes of at least 4 members (excludes halogenated alkanes) is 2. The van der Waals surface area contributed by atoms with Crippen molar-refractivity contribution >= 4 is 0 Å². The van der Waals surface area contributed by atoms with Crippen LogP contribution in [0.1, 0.15) is 75.3 Å². The summed E-state index contributed by atoms with van der Waals surface area (Å²) in [7, 11) is 0. The van der Waals surface area contributed by atoms with Crippen LogP contribution in [0.2, 0.25) is 0 Å². The van der Waals surface area contributed by atoms with Crippen molar-refractivity contribution in [1.82, 2.24) is 0 Å². The fourth-order valence-corrected chi connectivity index (χ4v) is 4.43. The van der Waals surface area contributed by atoms with Gasteiger partial charge in [-0.25, -0.2) is 17.6 Å². The van der Waals surface area contributed by atoms with Crippen LogP contribution in [0.15, 0.2) is 24.3 Å². The van der Waals surface area contributed by atoms with Gasteiger partial charge in [-0.15, -0.1) is 0 Å². The molecule has 188 valence electrons. The van der Waals surface area contributed by atoms with Gasteiger partial charge in [0.15, 0.2) is 24.0 Å². The maximum atomic E-state index is 14.6. The number of ether oxygens (including phenoxy) is 2. The summed E-state index contributed by atoms with van der Waals surface area (Å²) in [5, 5.41) is 0. The minimum absolute atomic E-state index is 0.0318. The number of hydrogen-bond donors (Lipinski definition) is 0. The monoisotopic (exact) mass is 488 g/mol. The summed E-state index contributed by atoms with van der Waals surface area (Å²) in [6, 6.07) is 3.57. The highest BCUT2D eigenvalue weighted by Crippen LogP contribution is 2.40. The fraction of sp³-hybridized carbons (Fsp3) is 0.538. The van der Waals surface area contributed by atoms with Crippen LogP contribution in [0, 0.1) is 36.1 Å². The van der Waals surface area contributed by atoms with E-state index >= 15 is 0 Å². The highest BCUT2D eigenvalue weighted by molar-refractivity contribution is 5.34. The molecule has 8 heteroatoms. The Kier molecular flexibility index (Phi) is 8.77. The molecule has 1 aliphatic carbocycles. The van der Waals surface area contributed by atoms with Crippen molar-refractivity contribution < 1.29 is 35.8 Å². The molecule has 3 rings (SSSR count). The van der Waals surface area contributed by atoms with Gasteiger partial charge in [-0.3, -0.25) is 0 Å². The van der Waals surface area contributed by atoms with E-state index in [0.717, 1.165) is 62.8 Å². The second-order valence-electron chi connectivity index (χ2n) is 9.07. The zero-order valence-electron chi connectivity index (χ0n) is 19.4. The van der Waals surface area contributed by atoms with Gasteiger partial charge >= 0.3 is 6.11 Å². The second-order valence-corrected chi connectivity index (χ2v) is 9.07. The molecule has 2 nitrogen and oxygen atoms in total. The first kappa shape index (κ1) is 26.2. The molecule has 0 radical (unpaired) electrons. The van der Waals surface area contributed by atoms with Gasteiger partial charge in [-0.05, 0) is 62.1 Å². The Labute approximate surface area is 196 Å². The van der Waals surface area contributed by atoms with E-state index in [4.69, 9.17) is 4.74 Å². The molecule has 1 saturated carbocycles. The number of halogens is 6. The molecule has 1 fully saturated rings. The van der Waals surface area contributed by atoms with E-state index in [1.807, 2.05) is 0 Å². The SMILES string of the molecule is CCCCCC1CCC(c2cc(F)c(OC(F)(F)COc3cc(F)c(C)c(F)c3)c(F)c2)CC1. The Morgan fingerprint density at radius 3 is 2.00 bits per heavy atom. The van der Waals surface area contributed by atoms with Crippen LogP contribution in [0.3, 0.4) is 0 Å². The van der Waals surface area contributed by atoms with Crippen LogP contribution in [-0.4, -0.2) is 12.7 Å². The minimum Gasteiger partial charge on any atom is -0.483 e. The molecule has 0 saturated heterocycles. The van der Waals surface area contributed by atoms with Crippen LogP contribution >= 0.6 is 0 Å². The molecule has 0 spiro atoms. The zero-order chi connectivity index (χ0) is 24.9. The standard InChI is InChI=1S/C26H30F6O2/c1-3-4-5-6-17-7-9-18(10-8-17)19-11-23(29)25(24(30)12-19)34-26(31,32)15-33-20-13-21(27)16(2)22(28)14-20/h11-14,17-18H,3-10,15H2,1-2H3. The molecule has 1 aliphatic rings. The molecule has 0 aliphatic heterocycles. The first-order valence-electron chi connectivity index (χ1n) is 11.7. The molecule has 0 amide bonds. The van der Waals surface area contributed by atoms with E-state index in [2.05, 4.69) is 11.7 Å². The largest absolute Gasteiger partial charge is 0.483 e. The Morgan fingerprint density at radius 1 is 0.853 bits per heavy atom. The maximum Gasteiger partial charge on any atom is 0.433 e. The summed E-state index contributed by atoms with van der Waals surface area (Å²) in [6.45, 7) is 1.85. The third-order valence-corrected chi connectivity index (χ3v) is 6.47. The normalized spacial score (nSPS) is 18.7. The molecule has 0 unspecified atom stereocenters. The van der Waals surface area contributed by atoms with Crippen molar-refractivity contribution in [2.24, 2.45) is 5.92 Å². The molecule has 0 bridgehead atoms. The second kappa shape index (κ2) is 11.4. The first-order valence-corrected chi connectivity index (χ1v) is 11.7. The molecular formula is C26H30F6O2. The van der Waals surface area contributed by atoms with Crippen molar-refractivity contribution in [3.8, 4) is 11.5 Å². The molecule has 0 atom stereocenters. The molecule has 0 heterocycles. The summed E-state index contributed by atoms with van der Waals surface area (Å²) in [5.74, 6) is -5.52. The molecular weight excluding hydrogens is 458 g/mol. The lowest BCUT2D eigenvalue weighted by Crippen LogP contribution is -2.33. The predicted molar refractivity (Wildman–Crippen MR) is 117 cm³/mol. The predicted octanol–water partition coefficient (Wildman–Crippen LogP) is 8.46. The quantitative estimate of drug-likeness (QED) is 0.247. The van der Waals surface area contributed by atoms with Crippen LogP contribution in [0.4, 0.5) is 26.3 Å². The van der Waals surface area contributed by atoms with Gasteiger partial charge in [0.05, 0.1) is 0 Å². The topological polar surface area (TPSA) is 18.5 Å². The van der Waals surface area contributed by atoms with Crippen molar-refractivity contribution in [3.63, 3.8) is 0 Å². The van der Waals surface area contributed by atoms with Gasteiger partial charge in [0.2, 0.25) is 0 Å². The van der Waals surface area contributed by atoms with Crippen LogP contribution in [-0.2, 0) is 0 Å². The Hall–Kier alpha value is -2.38. The van der Waals surface area contributed by atoms with E-state index < -0.39 is 47.5 Å². The van der Waals surface area contributed by atoms with Crippen LogP contribution < -0.4 is 9.47 Å². The van der Waals surface area contributed by atoms with E-state index in [1.165, 1.54) is 19.8 Å². The maximum absolute atomic E-state index is 14.6. The third-order valence-electron chi connectivity index (χ3n) is 6.47. The summed E-state index contributed by atoms with van der Waals surface area (Å²) < 4.78 is 93.6. The van der Waals surface area contributed by atoms with E-state index in [-0.39, 0.29) is 11.5 Å². The fourth-order valence-electron chi connectivity index (χ4n) is 4.43. The van der Waals surface area contributed by atoms with Gasteiger partial charge in [0, 0.05) is 17.7 Å². The highest BCUT2D eigenvalue weighted by Gasteiger charge is 2.36. The molecule has 0 N–H and O–H groups in total. The molecule has 2 aromatic carbocycles. The van der Waals surface area contributed by atoms with Crippen molar-refractivity contribution in [3.05, 3.63) is 58.7 Å². The third kappa shape index (κ3) is 6.83. The molecule has 34 heavy (non-hydrogen) atoms. The minimum atomic E-state index is -4.14. The number of alkyl halides is 2. The zero-order valence-corrected chi connectivity index (χ0v) is 19.4. The highest BCUT2D eigenvalue weighted by atomic mass is 19.3. The summed E-state index contributed by atoms with van der Waals surface area (Å²) in [4.78, 5) is 0. The van der Waals surface area contributed by atoms with Gasteiger partial charge in [-0.1, -0.05) is 32.6 Å². The van der Waals surface area contributed by atoms with Crippen LogP contribution in [0.5, 0.6) is 11.5 Å². The van der Waals surface area contributed by atoms with Gasteiger partial charge in [0.1, 0.15) is 17.4 Å². The Balaban J connectivity index is 1.61. The van der Waals surface area contributed by atoms with E-state index in [0.29, 0.717) is 11.5 Å². The number of hydrogen-bond acceptors (Lipinski definition) is 2. The summed E-state index contributed by atoms with van der Waals surface area (Å²) in [5.41, 5.74) is 0.143. The van der Waals surface area contributed by atoms with Crippen molar-refractivity contribution in [1.29, 1.82) is 0 Å². The lowest BCUT2D eigenvalue weighted by atomic mass is 9.77. The average Bonchev–Trinajstić information content (AvgIpc) is 2.79. The molecule has 2 aromatic rings. The Bertz CT molecular complexity index is 924. The van der Waals surface area contributed by atoms with E-state index in [1.54, 1.807) is 0 Å². The average molecular weight is 489 g/mol. The van der Waals surface area contributed by atoms with Crippen LogP contribution in [0.25, 0.3) is 0 Å². The van der Waals surface area contributed by atoms with Gasteiger partial charge < -0.3 is 9.47 Å². The van der Waals surface area contributed by atoms with E-state index in [9.17, 15) is 26.3 Å². The Morgan fingerprint density at radius 2 is 1.44 bits per heavy atom. The molecule has 0 aromatic heterocycles. The van der Waals surface area contributed by atoms with Gasteiger partial charge in [-0.2, -0.15) is 8.78 Å². The van der Waals surface area contributed by atoms with Crippen molar-refractivity contribution in [2.75, 3.05) is 6.61 Å². The summed E-state index contributed by atoms with van der Waals surface area (Å²) >= 11 is 0.